The maximum absolute atomic E-state index is 13.3. The first-order valence-electron chi connectivity index (χ1n) is 9.79. The average Bonchev–Trinajstić information content (AvgIpc) is 3.09. The lowest BCUT2D eigenvalue weighted by Crippen LogP contribution is -2.38. The molecule has 0 radical (unpaired) electrons. The molecule has 2 saturated carbocycles. The Morgan fingerprint density at radius 1 is 1.26 bits per heavy atom. The van der Waals surface area contributed by atoms with Crippen LogP contribution in [-0.4, -0.2) is 22.6 Å². The van der Waals surface area contributed by atoms with Crippen molar-refractivity contribution >= 4 is 5.91 Å². The van der Waals surface area contributed by atoms with Gasteiger partial charge in [-0.25, -0.2) is 4.39 Å². The van der Waals surface area contributed by atoms with E-state index in [1.165, 1.54) is 25.0 Å². The van der Waals surface area contributed by atoms with Crippen LogP contribution >= 0.6 is 0 Å². The van der Waals surface area contributed by atoms with Crippen molar-refractivity contribution in [3.8, 4) is 0 Å². The summed E-state index contributed by atoms with van der Waals surface area (Å²) in [7, 11) is 0. The third-order valence-electron chi connectivity index (χ3n) is 6.28. The molecule has 5 nitrogen and oxygen atoms in total. The van der Waals surface area contributed by atoms with Gasteiger partial charge in [0.05, 0.1) is 5.41 Å². The molecular formula is C21H26FN3O2. The molecule has 0 bridgehead atoms. The molecule has 0 spiro atoms. The second kappa shape index (κ2) is 6.73. The minimum Gasteiger partial charge on any atom is -0.355 e. The number of halogens is 1. The van der Waals surface area contributed by atoms with Gasteiger partial charge in [-0.15, -0.1) is 0 Å². The van der Waals surface area contributed by atoms with Crippen molar-refractivity contribution in [1.82, 2.24) is 15.5 Å². The SMILES string of the molecule is CC1(C)C[C@@]1(C(=O)NCCc1noc(C2CCCC2)n1)c1ccc(F)cc1. The van der Waals surface area contributed by atoms with Crippen LogP contribution in [0.4, 0.5) is 4.39 Å². The van der Waals surface area contributed by atoms with Crippen LogP contribution in [0.15, 0.2) is 28.8 Å². The Bertz CT molecular complexity index is 824. The van der Waals surface area contributed by atoms with Crippen molar-refractivity contribution in [2.45, 2.75) is 63.7 Å². The summed E-state index contributed by atoms with van der Waals surface area (Å²) in [5, 5.41) is 7.08. The number of carbonyl (C=O) groups excluding carboxylic acids is 1. The molecule has 6 heteroatoms. The van der Waals surface area contributed by atoms with Crippen molar-refractivity contribution in [1.29, 1.82) is 0 Å². The molecule has 27 heavy (non-hydrogen) atoms. The molecule has 2 aromatic rings. The Hall–Kier alpha value is -2.24. The summed E-state index contributed by atoms with van der Waals surface area (Å²) >= 11 is 0. The zero-order valence-electron chi connectivity index (χ0n) is 15.9. The number of amides is 1. The maximum atomic E-state index is 13.3. The third kappa shape index (κ3) is 3.26. The van der Waals surface area contributed by atoms with E-state index in [2.05, 4.69) is 29.3 Å². The second-order valence-corrected chi connectivity index (χ2v) is 8.51. The Morgan fingerprint density at radius 2 is 1.93 bits per heavy atom. The van der Waals surface area contributed by atoms with Crippen molar-refractivity contribution in [3.63, 3.8) is 0 Å². The van der Waals surface area contributed by atoms with Gasteiger partial charge in [0.15, 0.2) is 5.82 Å². The summed E-state index contributed by atoms with van der Waals surface area (Å²) in [5.41, 5.74) is 0.137. The molecular weight excluding hydrogens is 345 g/mol. The van der Waals surface area contributed by atoms with E-state index in [0.29, 0.717) is 24.7 Å². The van der Waals surface area contributed by atoms with E-state index in [9.17, 15) is 9.18 Å². The lowest BCUT2D eigenvalue weighted by atomic mass is 9.87. The fourth-order valence-electron chi connectivity index (χ4n) is 4.51. The summed E-state index contributed by atoms with van der Waals surface area (Å²) in [6, 6.07) is 6.28. The van der Waals surface area contributed by atoms with Gasteiger partial charge >= 0.3 is 0 Å². The van der Waals surface area contributed by atoms with Crippen LogP contribution in [0.5, 0.6) is 0 Å². The van der Waals surface area contributed by atoms with E-state index < -0.39 is 5.41 Å². The number of benzene rings is 1. The summed E-state index contributed by atoms with van der Waals surface area (Å²) in [6.45, 7) is 4.60. The number of aromatic nitrogens is 2. The molecule has 1 atom stereocenters. The van der Waals surface area contributed by atoms with E-state index >= 15 is 0 Å². The Morgan fingerprint density at radius 3 is 2.56 bits per heavy atom. The Labute approximate surface area is 158 Å². The van der Waals surface area contributed by atoms with Crippen LogP contribution in [-0.2, 0) is 16.6 Å². The minimum atomic E-state index is -0.590. The molecule has 2 aliphatic carbocycles. The van der Waals surface area contributed by atoms with Crippen molar-refractivity contribution in [2.75, 3.05) is 6.54 Å². The zero-order valence-corrected chi connectivity index (χ0v) is 15.9. The number of carbonyl (C=O) groups is 1. The van der Waals surface area contributed by atoms with Crippen LogP contribution < -0.4 is 5.32 Å². The van der Waals surface area contributed by atoms with E-state index in [1.54, 1.807) is 12.1 Å². The van der Waals surface area contributed by atoms with Gasteiger partial charge in [-0.2, -0.15) is 4.98 Å². The van der Waals surface area contributed by atoms with Gasteiger partial charge in [-0.1, -0.05) is 44.0 Å². The number of hydrogen-bond acceptors (Lipinski definition) is 4. The smallest absolute Gasteiger partial charge is 0.231 e. The van der Waals surface area contributed by atoms with E-state index in [4.69, 9.17) is 4.52 Å². The molecule has 4 rings (SSSR count). The van der Waals surface area contributed by atoms with Crippen LogP contribution in [0.3, 0.4) is 0 Å². The number of hydrogen-bond donors (Lipinski definition) is 1. The topological polar surface area (TPSA) is 68.0 Å². The van der Waals surface area contributed by atoms with Crippen LogP contribution in [0.25, 0.3) is 0 Å². The highest BCUT2D eigenvalue weighted by Crippen LogP contribution is 2.64. The molecule has 1 amide bonds. The van der Waals surface area contributed by atoms with Crippen LogP contribution in [0, 0.1) is 11.2 Å². The van der Waals surface area contributed by atoms with Gasteiger partial charge in [-0.3, -0.25) is 4.79 Å². The molecule has 2 fully saturated rings. The van der Waals surface area contributed by atoms with Gasteiger partial charge < -0.3 is 9.84 Å². The Balaban J connectivity index is 1.37. The molecule has 1 N–H and O–H groups in total. The molecule has 0 aliphatic heterocycles. The predicted molar refractivity (Wildman–Crippen MR) is 98.7 cm³/mol. The largest absolute Gasteiger partial charge is 0.355 e. The van der Waals surface area contributed by atoms with Crippen LogP contribution in [0.2, 0.25) is 0 Å². The number of nitrogens with one attached hydrogen (secondary N) is 1. The normalized spacial score (nSPS) is 24.1. The molecule has 2 aliphatic rings. The highest BCUT2D eigenvalue weighted by Gasteiger charge is 2.66. The first kappa shape index (κ1) is 18.1. The molecule has 1 aromatic heterocycles. The predicted octanol–water partition coefficient (Wildman–Crippen LogP) is 3.89. The van der Waals surface area contributed by atoms with Gasteiger partial charge in [-0.05, 0) is 42.4 Å². The van der Waals surface area contributed by atoms with Gasteiger partial charge in [0, 0.05) is 18.9 Å². The van der Waals surface area contributed by atoms with Crippen molar-refractivity contribution in [2.24, 2.45) is 5.41 Å². The highest BCUT2D eigenvalue weighted by molar-refractivity contribution is 5.93. The summed E-state index contributed by atoms with van der Waals surface area (Å²) < 4.78 is 18.7. The van der Waals surface area contributed by atoms with E-state index in [0.717, 1.165) is 30.7 Å². The van der Waals surface area contributed by atoms with Gasteiger partial charge in [0.25, 0.3) is 0 Å². The van der Waals surface area contributed by atoms with Gasteiger partial charge in [0.1, 0.15) is 5.82 Å². The highest BCUT2D eigenvalue weighted by atomic mass is 19.1. The Kier molecular flexibility index (Phi) is 4.52. The minimum absolute atomic E-state index is 0.0152. The summed E-state index contributed by atoms with van der Waals surface area (Å²) in [6.07, 6.45) is 5.98. The third-order valence-corrected chi connectivity index (χ3v) is 6.28. The molecule has 144 valence electrons. The molecule has 1 aromatic carbocycles. The second-order valence-electron chi connectivity index (χ2n) is 8.51. The fourth-order valence-corrected chi connectivity index (χ4v) is 4.51. The molecule has 0 saturated heterocycles. The quantitative estimate of drug-likeness (QED) is 0.836. The van der Waals surface area contributed by atoms with E-state index in [1.807, 2.05) is 0 Å². The molecule has 0 unspecified atom stereocenters. The average molecular weight is 371 g/mol. The van der Waals surface area contributed by atoms with Crippen LogP contribution in [0.1, 0.15) is 69.1 Å². The fraction of sp³-hybridized carbons (Fsp3) is 0.571. The zero-order chi connectivity index (χ0) is 19.1. The first-order valence-corrected chi connectivity index (χ1v) is 9.79. The van der Waals surface area contributed by atoms with E-state index in [-0.39, 0.29) is 17.1 Å². The number of rotatable bonds is 6. The summed E-state index contributed by atoms with van der Waals surface area (Å²) in [5.74, 6) is 1.47. The number of nitrogens with zero attached hydrogens (tertiary/aromatic N) is 2. The standard InChI is InChI=1S/C21H26FN3O2/c1-20(2)13-21(20,15-7-9-16(22)10-8-15)19(26)23-12-11-17-24-18(27-25-17)14-5-3-4-6-14/h7-10,14H,3-6,11-13H2,1-2H3,(H,23,26)/t21-/m0/s1. The maximum Gasteiger partial charge on any atom is 0.231 e. The van der Waals surface area contributed by atoms with Crippen molar-refractivity contribution < 1.29 is 13.7 Å². The van der Waals surface area contributed by atoms with Gasteiger partial charge in [0.2, 0.25) is 11.8 Å². The first-order chi connectivity index (χ1) is 12.9. The van der Waals surface area contributed by atoms with Crippen molar-refractivity contribution in [3.05, 3.63) is 47.4 Å². The lowest BCUT2D eigenvalue weighted by Gasteiger charge is -2.20. The summed E-state index contributed by atoms with van der Waals surface area (Å²) in [4.78, 5) is 17.5. The monoisotopic (exact) mass is 371 g/mol. The lowest BCUT2D eigenvalue weighted by molar-refractivity contribution is -0.124. The molecule has 1 heterocycles.